The Hall–Kier alpha value is -6.02. The van der Waals surface area contributed by atoms with Gasteiger partial charge in [0.15, 0.2) is 0 Å². The van der Waals surface area contributed by atoms with Gasteiger partial charge in [0, 0.05) is 20.0 Å². The average molecular weight is 833 g/mol. The molecule has 14 nitrogen and oxygen atoms in total. The lowest BCUT2D eigenvalue weighted by Crippen LogP contribution is -2.51. The summed E-state index contributed by atoms with van der Waals surface area (Å²) in [5.74, 6) is 1.79. The molecular weight excluding hydrogens is 773 g/mol. The molecule has 14 heteroatoms. The number of aromatic amines is 2. The molecule has 7 rings (SSSR count). The van der Waals surface area contributed by atoms with Crippen molar-refractivity contribution in [3.05, 3.63) is 84.6 Å². The first-order valence-corrected chi connectivity index (χ1v) is 21.1. The second-order valence-corrected chi connectivity index (χ2v) is 17.2. The number of hydrogen-bond acceptors (Lipinski definition) is 9. The van der Waals surface area contributed by atoms with E-state index in [2.05, 4.69) is 94.5 Å². The second kappa shape index (κ2) is 19.1. The minimum Gasteiger partial charge on any atom is -0.469 e. The summed E-state index contributed by atoms with van der Waals surface area (Å²) in [5.41, 5.74) is 14.3. The molecule has 0 spiro atoms. The third kappa shape index (κ3) is 10.1. The molecule has 0 radical (unpaired) electrons. The van der Waals surface area contributed by atoms with Gasteiger partial charge in [0.25, 0.3) is 0 Å². The number of nitrogens with zero attached hydrogens (tertiary/aromatic N) is 4. The largest absolute Gasteiger partial charge is 0.469 e. The van der Waals surface area contributed by atoms with Crippen LogP contribution in [-0.2, 0) is 23.9 Å². The number of alkyl carbamates (subject to hydrolysis) is 1. The first-order valence-electron chi connectivity index (χ1n) is 21.1. The highest BCUT2D eigenvalue weighted by Crippen LogP contribution is 2.38. The summed E-state index contributed by atoms with van der Waals surface area (Å²) in [6, 6.07) is 21.6. The van der Waals surface area contributed by atoms with Gasteiger partial charge in [-0.15, -0.1) is 0 Å². The van der Waals surface area contributed by atoms with Crippen molar-refractivity contribution in [3.8, 4) is 33.5 Å². The van der Waals surface area contributed by atoms with Gasteiger partial charge in [-0.2, -0.15) is 0 Å². The van der Waals surface area contributed by atoms with Crippen LogP contribution in [0.3, 0.4) is 0 Å². The van der Waals surface area contributed by atoms with Gasteiger partial charge in [-0.1, -0.05) is 96.1 Å². The molecule has 0 bridgehead atoms. The fourth-order valence-corrected chi connectivity index (χ4v) is 8.17. The molecule has 2 aliphatic heterocycles. The SMILES string of the molecule is COC(=O)N[C@H](C(=O)N1C[C@@H](C)C[C@H]1c1nc2ccc(-c3ccc(-c4ccc(-c5cnc([C@H]6C[C@H](C)CN6C(=O)[C@@H](N)C(C)C)[nH]5)cc4)cc3)cc2[nH]1)C(C)C.COC(C)=O. The van der Waals surface area contributed by atoms with Gasteiger partial charge in [-0.05, 0) is 76.5 Å². The van der Waals surface area contributed by atoms with Gasteiger partial charge >= 0.3 is 12.1 Å². The van der Waals surface area contributed by atoms with Crippen LogP contribution in [0.1, 0.15) is 85.0 Å². The molecule has 5 aromatic rings. The Morgan fingerprint density at radius 1 is 0.721 bits per heavy atom. The summed E-state index contributed by atoms with van der Waals surface area (Å²) in [6.07, 6.45) is 2.87. The predicted molar refractivity (Wildman–Crippen MR) is 236 cm³/mol. The van der Waals surface area contributed by atoms with Crippen molar-refractivity contribution < 1.29 is 28.7 Å². The van der Waals surface area contributed by atoms with E-state index in [-0.39, 0.29) is 47.6 Å². The number of fused-ring (bicyclic) bond motifs is 1. The highest BCUT2D eigenvalue weighted by Gasteiger charge is 2.41. The van der Waals surface area contributed by atoms with Gasteiger partial charge in [0.1, 0.15) is 17.7 Å². The number of methoxy groups -OCH3 is 2. The second-order valence-electron chi connectivity index (χ2n) is 17.2. The zero-order valence-corrected chi connectivity index (χ0v) is 36.7. The van der Waals surface area contributed by atoms with Gasteiger partial charge in [-0.25, -0.2) is 14.8 Å². The number of rotatable bonds is 10. The van der Waals surface area contributed by atoms with Crippen LogP contribution in [0.2, 0.25) is 0 Å². The van der Waals surface area contributed by atoms with Crippen molar-refractivity contribution in [1.29, 1.82) is 0 Å². The molecule has 2 aromatic heterocycles. The number of H-pyrrole nitrogens is 2. The summed E-state index contributed by atoms with van der Waals surface area (Å²) >= 11 is 0. The fraction of sp³-hybridized carbons (Fsp3) is 0.447. The minimum atomic E-state index is -0.692. The van der Waals surface area contributed by atoms with E-state index < -0.39 is 18.2 Å². The zero-order valence-electron chi connectivity index (χ0n) is 36.7. The van der Waals surface area contributed by atoms with Crippen molar-refractivity contribution in [1.82, 2.24) is 35.1 Å². The van der Waals surface area contributed by atoms with Crippen molar-refractivity contribution in [2.24, 2.45) is 29.4 Å². The van der Waals surface area contributed by atoms with Crippen LogP contribution >= 0.6 is 0 Å². The molecule has 0 aliphatic carbocycles. The summed E-state index contributed by atoms with van der Waals surface area (Å²) in [6.45, 7) is 14.7. The van der Waals surface area contributed by atoms with Crippen molar-refractivity contribution in [3.63, 3.8) is 0 Å². The van der Waals surface area contributed by atoms with Crippen LogP contribution in [0.5, 0.6) is 0 Å². The van der Waals surface area contributed by atoms with Crippen molar-refractivity contribution >= 4 is 34.9 Å². The lowest BCUT2D eigenvalue weighted by atomic mass is 9.99. The molecule has 2 saturated heterocycles. The summed E-state index contributed by atoms with van der Waals surface area (Å²) in [5, 5.41) is 2.73. The van der Waals surface area contributed by atoms with E-state index in [0.717, 1.165) is 69.0 Å². The van der Waals surface area contributed by atoms with E-state index in [4.69, 9.17) is 20.4 Å². The van der Waals surface area contributed by atoms with Gasteiger partial charge in [0.05, 0.1) is 55.3 Å². The number of imidazole rings is 2. The number of carbonyl (C=O) groups is 4. The Morgan fingerprint density at radius 3 is 1.75 bits per heavy atom. The quantitative estimate of drug-likeness (QED) is 0.103. The predicted octanol–water partition coefficient (Wildman–Crippen LogP) is 7.65. The first kappa shape index (κ1) is 44.5. The number of amides is 3. The van der Waals surface area contributed by atoms with Crippen LogP contribution in [0.15, 0.2) is 72.9 Å². The van der Waals surface area contributed by atoms with Crippen LogP contribution in [-0.4, -0.2) is 93.0 Å². The number of likely N-dealkylation sites (tertiary alicyclic amines) is 2. The number of nitrogens with one attached hydrogen (secondary N) is 3. The van der Waals surface area contributed by atoms with Crippen LogP contribution in [0.4, 0.5) is 4.79 Å². The zero-order chi connectivity index (χ0) is 44.1. The number of aromatic nitrogens is 4. The first-order chi connectivity index (χ1) is 29.1. The molecular formula is C47H60N8O6. The highest BCUT2D eigenvalue weighted by atomic mass is 16.5. The maximum Gasteiger partial charge on any atom is 0.407 e. The molecule has 2 aliphatic rings. The normalized spacial score (nSPS) is 19.7. The lowest BCUT2D eigenvalue weighted by molar-refractivity contribution is -0.138. The topological polar surface area (TPSA) is 189 Å². The smallest absolute Gasteiger partial charge is 0.407 e. The highest BCUT2D eigenvalue weighted by molar-refractivity contribution is 5.87. The molecule has 5 N–H and O–H groups in total. The maximum absolute atomic E-state index is 13.7. The number of carbonyl (C=O) groups excluding carboxylic acids is 4. The summed E-state index contributed by atoms with van der Waals surface area (Å²) in [7, 11) is 2.65. The molecule has 324 valence electrons. The molecule has 3 amide bonds. The van der Waals surface area contributed by atoms with Crippen molar-refractivity contribution in [2.75, 3.05) is 27.3 Å². The van der Waals surface area contributed by atoms with Crippen molar-refractivity contribution in [2.45, 2.75) is 85.5 Å². The number of hydrogen-bond donors (Lipinski definition) is 4. The molecule has 0 saturated carbocycles. The molecule has 0 unspecified atom stereocenters. The lowest BCUT2D eigenvalue weighted by Gasteiger charge is -2.30. The summed E-state index contributed by atoms with van der Waals surface area (Å²) in [4.78, 5) is 69.0. The molecule has 6 atom stereocenters. The van der Waals surface area contributed by atoms with E-state index in [1.807, 2.05) is 49.8 Å². The Balaban J connectivity index is 0.00000118. The Bertz CT molecular complexity index is 2320. The van der Waals surface area contributed by atoms with Crippen LogP contribution < -0.4 is 11.1 Å². The van der Waals surface area contributed by atoms with Gasteiger partial charge < -0.3 is 40.3 Å². The molecule has 4 heterocycles. The average Bonchev–Trinajstić information content (AvgIpc) is 4.07. The van der Waals surface area contributed by atoms with E-state index in [0.29, 0.717) is 19.0 Å². The van der Waals surface area contributed by atoms with Gasteiger partial charge in [-0.3, -0.25) is 14.4 Å². The van der Waals surface area contributed by atoms with E-state index in [9.17, 15) is 19.2 Å². The van der Waals surface area contributed by atoms with E-state index >= 15 is 0 Å². The number of nitrogens with two attached hydrogens (primary N) is 1. The number of benzene rings is 3. The Labute approximate surface area is 358 Å². The maximum atomic E-state index is 13.7. The third-order valence-electron chi connectivity index (χ3n) is 11.7. The van der Waals surface area contributed by atoms with E-state index in [1.165, 1.54) is 21.1 Å². The van der Waals surface area contributed by atoms with Crippen LogP contribution in [0, 0.1) is 23.7 Å². The molecule has 2 fully saturated rings. The van der Waals surface area contributed by atoms with Gasteiger partial charge in [0.2, 0.25) is 11.8 Å². The number of ether oxygens (including phenoxy) is 2. The fourth-order valence-electron chi connectivity index (χ4n) is 8.17. The Kier molecular flexibility index (Phi) is 14.0. The standard InChI is InChI=1S/C44H54N8O4.C3H6O2/c1-24(2)38(45)42(53)51-22-26(5)18-36(51)40-46-21-35(49-40)31-14-12-29(13-15-31)28-8-10-30(11-9-28)32-16-17-33-34(20-32)48-41(47-33)37-19-27(6)23-52(37)43(54)39(25(3)4)50-44(55)56-7;1-3(4)5-2/h8-17,20-21,24-27,36-39H,18-19,22-23,45H2,1-7H3,(H,46,49)(H,47,48)(H,50,55);1-2H3/t26-,27-,36+,37-,38-,39-;/m0./s1. The summed E-state index contributed by atoms with van der Waals surface area (Å²) < 4.78 is 8.90. The Morgan fingerprint density at radius 2 is 1.23 bits per heavy atom. The van der Waals surface area contributed by atoms with E-state index in [1.54, 1.807) is 0 Å². The third-order valence-corrected chi connectivity index (χ3v) is 11.7. The number of esters is 1. The minimum absolute atomic E-state index is 0.0118. The molecule has 61 heavy (non-hydrogen) atoms. The molecule has 3 aromatic carbocycles. The monoisotopic (exact) mass is 832 g/mol. The van der Waals surface area contributed by atoms with Crippen LogP contribution in [0.25, 0.3) is 44.5 Å².